The van der Waals surface area contributed by atoms with Gasteiger partial charge in [-0.3, -0.25) is 0 Å². The van der Waals surface area contributed by atoms with Crippen molar-refractivity contribution in [3.8, 4) is 22.3 Å². The monoisotopic (exact) mass is 976 g/mol. The molecule has 4 heteroatoms. The molecule has 2 aromatic heterocycles. The molecule has 0 fully saturated rings. The van der Waals surface area contributed by atoms with Crippen LogP contribution < -0.4 is 9.80 Å². The lowest BCUT2D eigenvalue weighted by Crippen LogP contribution is -2.09. The standard InChI is InChI=1S/C70H44N2S2/c1-5-17-49(18-6-1)71(50-19-7-2-8-20-50)53-33-29-45(30-34-53)57-37-47-39-60-48(40-59(47)63-43-69-65(41-61(57)63)55-25-13-15-27-67(55)73-69)38-58(62-42-66-56-26-14-16-28-68(56)74-70(66)44-64(60)62)46-31-35-54(36-32-46)72(51-21-9-3-10-22-51)52-23-11-4-12-24-52/h1-44H. The molecule has 0 unspecified atom stereocenters. The SMILES string of the molecule is c1ccc(N(c2ccccc2)c2ccc(-c3cc4cc5c(cc(-c6ccc(N(c7ccccc7)c7ccccc7)cc6)c6cc7c(cc65)sc5ccccc57)cc4c4cc5sc6ccccc6c5cc34)cc2)cc1. The van der Waals surface area contributed by atoms with Gasteiger partial charge in [0.25, 0.3) is 0 Å². The number of fused-ring (bicyclic) bond motifs is 12. The molecule has 0 saturated heterocycles. The molecule has 0 aliphatic heterocycles. The number of anilines is 6. The number of hydrogen-bond acceptors (Lipinski definition) is 4. The number of para-hydroxylation sites is 4. The van der Waals surface area contributed by atoms with Crippen molar-refractivity contribution in [3.63, 3.8) is 0 Å². The minimum Gasteiger partial charge on any atom is -0.311 e. The Hall–Kier alpha value is -9.06. The average molecular weight is 977 g/mol. The van der Waals surface area contributed by atoms with Crippen molar-refractivity contribution in [3.05, 3.63) is 267 Å². The largest absolute Gasteiger partial charge is 0.311 e. The molecule has 15 rings (SSSR count). The second-order valence-corrected chi connectivity index (χ2v) is 21.4. The summed E-state index contributed by atoms with van der Waals surface area (Å²) in [5, 5.41) is 15.3. The van der Waals surface area contributed by atoms with Crippen molar-refractivity contribution in [2.45, 2.75) is 0 Å². The Labute approximate surface area is 436 Å². The molecule has 346 valence electrons. The van der Waals surface area contributed by atoms with E-state index in [2.05, 4.69) is 277 Å². The summed E-state index contributed by atoms with van der Waals surface area (Å²) in [5.74, 6) is 0. The van der Waals surface area contributed by atoms with Crippen LogP contribution in [0.1, 0.15) is 0 Å². The van der Waals surface area contributed by atoms with Crippen LogP contribution in [0.15, 0.2) is 267 Å². The maximum Gasteiger partial charge on any atom is 0.0462 e. The van der Waals surface area contributed by atoms with Crippen molar-refractivity contribution < 1.29 is 0 Å². The highest BCUT2D eigenvalue weighted by Gasteiger charge is 2.20. The summed E-state index contributed by atoms with van der Waals surface area (Å²) in [6, 6.07) is 98.5. The minimum atomic E-state index is 1.11. The second-order valence-electron chi connectivity index (χ2n) is 19.2. The molecule has 2 nitrogen and oxygen atoms in total. The number of rotatable bonds is 8. The summed E-state index contributed by atoms with van der Waals surface area (Å²) in [6.07, 6.45) is 0. The van der Waals surface area contributed by atoms with Gasteiger partial charge in [-0.15, -0.1) is 22.7 Å². The Bertz CT molecular complexity index is 4240. The van der Waals surface area contributed by atoms with E-state index in [1.807, 2.05) is 22.7 Å². The lowest BCUT2D eigenvalue weighted by Gasteiger charge is -2.25. The third-order valence-corrected chi connectivity index (χ3v) is 17.2. The Morgan fingerprint density at radius 1 is 0.203 bits per heavy atom. The summed E-state index contributed by atoms with van der Waals surface area (Å²) in [5.41, 5.74) is 11.6. The van der Waals surface area contributed by atoms with E-state index in [0.29, 0.717) is 0 Å². The molecular formula is C70H44N2S2. The molecule has 74 heavy (non-hydrogen) atoms. The quantitative estimate of drug-likeness (QED) is 0.111. The van der Waals surface area contributed by atoms with Crippen LogP contribution >= 0.6 is 22.7 Å². The van der Waals surface area contributed by atoms with Crippen LogP contribution in [0.2, 0.25) is 0 Å². The lowest BCUT2D eigenvalue weighted by atomic mass is 9.88. The van der Waals surface area contributed by atoms with Gasteiger partial charge in [-0.25, -0.2) is 0 Å². The molecule has 0 radical (unpaired) electrons. The first kappa shape index (κ1) is 42.6. The zero-order valence-corrected chi connectivity index (χ0v) is 41.7. The van der Waals surface area contributed by atoms with Crippen LogP contribution in [0.3, 0.4) is 0 Å². The molecule has 0 saturated carbocycles. The van der Waals surface area contributed by atoms with Gasteiger partial charge >= 0.3 is 0 Å². The molecule has 0 aliphatic rings. The fraction of sp³-hybridized carbons (Fsp3) is 0. The van der Waals surface area contributed by atoms with E-state index in [-0.39, 0.29) is 0 Å². The van der Waals surface area contributed by atoms with Crippen molar-refractivity contribution in [2.75, 3.05) is 9.80 Å². The third-order valence-electron chi connectivity index (χ3n) is 14.9. The lowest BCUT2D eigenvalue weighted by molar-refractivity contribution is 1.28. The topological polar surface area (TPSA) is 6.48 Å². The summed E-state index contributed by atoms with van der Waals surface area (Å²) in [6.45, 7) is 0. The third kappa shape index (κ3) is 7.06. The van der Waals surface area contributed by atoms with Gasteiger partial charge in [-0.05, 0) is 199 Å². The van der Waals surface area contributed by atoms with E-state index in [4.69, 9.17) is 0 Å². The second kappa shape index (κ2) is 17.3. The maximum atomic E-state index is 2.48. The highest BCUT2D eigenvalue weighted by Crippen LogP contribution is 2.47. The fourth-order valence-corrected chi connectivity index (χ4v) is 13.8. The molecule has 0 aliphatic carbocycles. The van der Waals surface area contributed by atoms with Gasteiger partial charge in [0.05, 0.1) is 0 Å². The molecule has 13 aromatic carbocycles. The van der Waals surface area contributed by atoms with E-state index in [0.717, 1.165) is 34.1 Å². The van der Waals surface area contributed by atoms with Crippen molar-refractivity contribution in [1.29, 1.82) is 0 Å². The summed E-state index contributed by atoms with van der Waals surface area (Å²) in [7, 11) is 0. The van der Waals surface area contributed by atoms with E-state index in [1.165, 1.54) is 106 Å². The highest BCUT2D eigenvalue weighted by molar-refractivity contribution is 7.26. The van der Waals surface area contributed by atoms with Crippen LogP contribution in [-0.4, -0.2) is 0 Å². The van der Waals surface area contributed by atoms with Gasteiger partial charge in [-0.2, -0.15) is 0 Å². The van der Waals surface area contributed by atoms with Gasteiger partial charge in [0.2, 0.25) is 0 Å². The normalized spacial score (nSPS) is 11.8. The Kier molecular flexibility index (Phi) is 9.97. The molecule has 2 heterocycles. The van der Waals surface area contributed by atoms with E-state index < -0.39 is 0 Å². The zero-order chi connectivity index (χ0) is 48.7. The van der Waals surface area contributed by atoms with Gasteiger partial charge in [-0.1, -0.05) is 133 Å². The summed E-state index contributed by atoms with van der Waals surface area (Å²) < 4.78 is 5.23. The number of hydrogen-bond donors (Lipinski definition) is 0. The van der Waals surface area contributed by atoms with Crippen LogP contribution in [-0.2, 0) is 0 Å². The Balaban J connectivity index is 0.958. The number of benzene rings is 13. The molecule has 0 atom stereocenters. The van der Waals surface area contributed by atoms with Crippen molar-refractivity contribution >= 4 is 140 Å². The fourth-order valence-electron chi connectivity index (χ4n) is 11.5. The first-order valence-corrected chi connectivity index (χ1v) is 26.9. The van der Waals surface area contributed by atoms with Crippen molar-refractivity contribution in [1.82, 2.24) is 0 Å². The summed E-state index contributed by atoms with van der Waals surface area (Å²) in [4.78, 5) is 4.67. The highest BCUT2D eigenvalue weighted by atomic mass is 32.1. The molecular weight excluding hydrogens is 933 g/mol. The van der Waals surface area contributed by atoms with Gasteiger partial charge in [0, 0.05) is 74.5 Å². The van der Waals surface area contributed by atoms with Crippen LogP contribution in [0.5, 0.6) is 0 Å². The molecule has 0 N–H and O–H groups in total. The number of thiophene rings is 2. The predicted octanol–water partition coefficient (Wildman–Crippen LogP) is 21.3. The Morgan fingerprint density at radius 3 is 0.892 bits per heavy atom. The van der Waals surface area contributed by atoms with E-state index in [9.17, 15) is 0 Å². The summed E-state index contributed by atoms with van der Waals surface area (Å²) >= 11 is 3.78. The van der Waals surface area contributed by atoms with Crippen molar-refractivity contribution in [2.24, 2.45) is 0 Å². The first-order chi connectivity index (χ1) is 36.7. The maximum absolute atomic E-state index is 2.48. The first-order valence-electron chi connectivity index (χ1n) is 25.2. The van der Waals surface area contributed by atoms with E-state index >= 15 is 0 Å². The van der Waals surface area contributed by atoms with Crippen LogP contribution in [0, 0.1) is 0 Å². The smallest absolute Gasteiger partial charge is 0.0462 e. The predicted molar refractivity (Wildman–Crippen MR) is 322 cm³/mol. The average Bonchev–Trinajstić information content (AvgIpc) is 4.03. The van der Waals surface area contributed by atoms with Crippen LogP contribution in [0.4, 0.5) is 34.1 Å². The minimum absolute atomic E-state index is 1.11. The molecule has 15 aromatic rings. The number of nitrogens with zero attached hydrogens (tertiary/aromatic N) is 2. The Morgan fingerprint density at radius 2 is 0.527 bits per heavy atom. The van der Waals surface area contributed by atoms with Gasteiger partial charge in [0.1, 0.15) is 0 Å². The van der Waals surface area contributed by atoms with Gasteiger partial charge < -0.3 is 9.80 Å². The zero-order valence-electron chi connectivity index (χ0n) is 40.1. The molecule has 0 amide bonds. The molecule has 0 spiro atoms. The van der Waals surface area contributed by atoms with Crippen LogP contribution in [0.25, 0.3) is 106 Å². The van der Waals surface area contributed by atoms with E-state index in [1.54, 1.807) is 0 Å². The van der Waals surface area contributed by atoms with Gasteiger partial charge in [0.15, 0.2) is 0 Å². The molecule has 0 bridgehead atoms.